The Kier molecular flexibility index (Phi) is 12.4. The highest BCUT2D eigenvalue weighted by molar-refractivity contribution is 5.66. The normalized spacial score (nSPS) is 11.8. The highest BCUT2D eigenvalue weighted by Gasteiger charge is 2.06. The van der Waals surface area contributed by atoms with Gasteiger partial charge in [0, 0.05) is 12.5 Å². The molecule has 0 N–H and O–H groups in total. The first kappa shape index (κ1) is 25.8. The largest absolute Gasteiger partial charge is 0.490 e. The summed E-state index contributed by atoms with van der Waals surface area (Å²) in [5, 5.41) is 0. The molecule has 0 aliphatic rings. The molecule has 0 amide bonds. The van der Waals surface area contributed by atoms with Crippen LogP contribution in [0.5, 0.6) is 5.75 Å². The summed E-state index contributed by atoms with van der Waals surface area (Å²) >= 11 is 0. The van der Waals surface area contributed by atoms with Crippen LogP contribution in [-0.4, -0.2) is 28.6 Å². The Hall–Kier alpha value is -2.43. The van der Waals surface area contributed by atoms with Crippen LogP contribution < -0.4 is 4.74 Å². The maximum absolute atomic E-state index is 11.0. The predicted octanol–water partition coefficient (Wildman–Crippen LogP) is 6.94. The molecule has 0 fully saturated rings. The fraction of sp³-hybridized carbons (Fsp3) is 0.593. The highest BCUT2D eigenvalue weighted by atomic mass is 16.5. The van der Waals surface area contributed by atoms with E-state index in [-0.39, 0.29) is 12.1 Å². The maximum atomic E-state index is 11.0. The van der Waals surface area contributed by atoms with Crippen LogP contribution in [0.15, 0.2) is 36.7 Å². The lowest BCUT2D eigenvalue weighted by atomic mass is 10.0. The standard InChI is InChI=1S/C27H40N2O3/c1-4-5-6-7-8-9-10-11-19-31-26-20-28-27(29-21-26)25-17-15-24(16-18-25)14-12-13-22(2)32-23(3)30/h15-18,20-22H,4-14,19H2,1-3H3. The molecular formula is C27H40N2O3. The van der Waals surface area contributed by atoms with Crippen LogP contribution in [0.1, 0.15) is 90.5 Å². The van der Waals surface area contributed by atoms with Crippen molar-refractivity contribution < 1.29 is 14.3 Å². The molecule has 2 aromatic rings. The smallest absolute Gasteiger partial charge is 0.302 e. The summed E-state index contributed by atoms with van der Waals surface area (Å²) < 4.78 is 11.0. The maximum Gasteiger partial charge on any atom is 0.302 e. The van der Waals surface area contributed by atoms with Crippen LogP contribution in [0, 0.1) is 0 Å². The van der Waals surface area contributed by atoms with Crippen molar-refractivity contribution in [3.8, 4) is 17.1 Å². The number of rotatable bonds is 16. The van der Waals surface area contributed by atoms with Crippen molar-refractivity contribution in [3.63, 3.8) is 0 Å². The second kappa shape index (κ2) is 15.4. The molecule has 0 saturated carbocycles. The van der Waals surface area contributed by atoms with Crippen molar-refractivity contribution in [1.82, 2.24) is 9.97 Å². The lowest BCUT2D eigenvalue weighted by molar-refractivity contribution is -0.145. The van der Waals surface area contributed by atoms with Gasteiger partial charge >= 0.3 is 5.97 Å². The van der Waals surface area contributed by atoms with Gasteiger partial charge < -0.3 is 9.47 Å². The first-order valence-electron chi connectivity index (χ1n) is 12.3. The molecule has 1 heterocycles. The fourth-order valence-electron chi connectivity index (χ4n) is 3.72. The Morgan fingerprint density at radius 2 is 1.53 bits per heavy atom. The number of ether oxygens (including phenoxy) is 2. The molecule has 5 nitrogen and oxygen atoms in total. The average Bonchev–Trinajstić information content (AvgIpc) is 2.78. The number of carbonyl (C=O) groups excluding carboxylic acids is 1. The molecule has 32 heavy (non-hydrogen) atoms. The summed E-state index contributed by atoms with van der Waals surface area (Å²) in [5.74, 6) is 1.22. The zero-order valence-corrected chi connectivity index (χ0v) is 20.1. The van der Waals surface area contributed by atoms with Gasteiger partial charge in [0.25, 0.3) is 0 Å². The second-order valence-corrected chi connectivity index (χ2v) is 8.57. The zero-order chi connectivity index (χ0) is 23.0. The van der Waals surface area contributed by atoms with E-state index in [2.05, 4.69) is 41.2 Å². The lowest BCUT2D eigenvalue weighted by Gasteiger charge is -2.11. The van der Waals surface area contributed by atoms with E-state index in [4.69, 9.17) is 9.47 Å². The number of hydrogen-bond donors (Lipinski definition) is 0. The monoisotopic (exact) mass is 440 g/mol. The molecule has 176 valence electrons. The highest BCUT2D eigenvalue weighted by Crippen LogP contribution is 2.19. The third kappa shape index (κ3) is 10.7. The summed E-state index contributed by atoms with van der Waals surface area (Å²) in [6.07, 6.45) is 16.6. The van der Waals surface area contributed by atoms with Crippen molar-refractivity contribution in [2.75, 3.05) is 6.61 Å². The average molecular weight is 441 g/mol. The molecule has 2 rings (SSSR count). The quantitative estimate of drug-likeness (QED) is 0.209. The summed E-state index contributed by atoms with van der Waals surface area (Å²) in [6.45, 7) is 6.37. The number of nitrogens with zero attached hydrogens (tertiary/aromatic N) is 2. The van der Waals surface area contributed by atoms with Gasteiger partial charge in [-0.1, -0.05) is 76.1 Å². The van der Waals surface area contributed by atoms with E-state index in [1.54, 1.807) is 12.4 Å². The zero-order valence-electron chi connectivity index (χ0n) is 20.1. The molecule has 1 aromatic carbocycles. The minimum absolute atomic E-state index is 0.0311. The van der Waals surface area contributed by atoms with Crippen LogP contribution in [0.2, 0.25) is 0 Å². The molecular weight excluding hydrogens is 400 g/mol. The Balaban J connectivity index is 1.66. The van der Waals surface area contributed by atoms with Gasteiger partial charge in [0.1, 0.15) is 0 Å². The van der Waals surface area contributed by atoms with Crippen molar-refractivity contribution in [2.45, 2.75) is 97.5 Å². The molecule has 0 radical (unpaired) electrons. The number of unbranched alkanes of at least 4 members (excludes halogenated alkanes) is 7. The minimum Gasteiger partial charge on any atom is -0.490 e. The van der Waals surface area contributed by atoms with Gasteiger partial charge in [-0.25, -0.2) is 9.97 Å². The Morgan fingerprint density at radius 3 is 2.16 bits per heavy atom. The fourth-order valence-corrected chi connectivity index (χ4v) is 3.72. The van der Waals surface area contributed by atoms with Crippen LogP contribution in [0.4, 0.5) is 0 Å². The summed E-state index contributed by atoms with van der Waals surface area (Å²) in [5.41, 5.74) is 2.26. The van der Waals surface area contributed by atoms with Gasteiger partial charge in [-0.15, -0.1) is 0 Å². The van der Waals surface area contributed by atoms with Crippen molar-refractivity contribution in [1.29, 1.82) is 0 Å². The second-order valence-electron chi connectivity index (χ2n) is 8.57. The third-order valence-electron chi connectivity index (χ3n) is 5.55. The Labute approximate surface area is 194 Å². The van der Waals surface area contributed by atoms with Gasteiger partial charge in [0.05, 0.1) is 25.1 Å². The SMILES string of the molecule is CCCCCCCCCCOc1cnc(-c2ccc(CCCC(C)OC(C)=O)cc2)nc1. The van der Waals surface area contributed by atoms with E-state index in [0.717, 1.165) is 43.6 Å². The molecule has 5 heteroatoms. The van der Waals surface area contributed by atoms with Crippen LogP contribution in [0.25, 0.3) is 11.4 Å². The number of esters is 1. The number of hydrogen-bond acceptors (Lipinski definition) is 5. The van der Waals surface area contributed by atoms with E-state index in [9.17, 15) is 4.79 Å². The molecule has 0 aliphatic carbocycles. The predicted molar refractivity (Wildman–Crippen MR) is 130 cm³/mol. The number of aromatic nitrogens is 2. The van der Waals surface area contributed by atoms with Crippen LogP contribution in [-0.2, 0) is 16.0 Å². The first-order chi connectivity index (χ1) is 15.6. The van der Waals surface area contributed by atoms with Crippen molar-refractivity contribution >= 4 is 5.97 Å². The van der Waals surface area contributed by atoms with E-state index >= 15 is 0 Å². The van der Waals surface area contributed by atoms with Crippen LogP contribution in [0.3, 0.4) is 0 Å². The third-order valence-corrected chi connectivity index (χ3v) is 5.55. The van der Waals surface area contributed by atoms with Crippen LogP contribution >= 0.6 is 0 Å². The van der Waals surface area contributed by atoms with E-state index in [1.807, 2.05) is 6.92 Å². The minimum atomic E-state index is -0.216. The van der Waals surface area contributed by atoms with E-state index < -0.39 is 0 Å². The lowest BCUT2D eigenvalue weighted by Crippen LogP contribution is -2.12. The molecule has 0 saturated heterocycles. The van der Waals surface area contributed by atoms with Gasteiger partial charge in [0.15, 0.2) is 11.6 Å². The summed E-state index contributed by atoms with van der Waals surface area (Å²) in [4.78, 5) is 19.9. The Bertz CT molecular complexity index is 759. The van der Waals surface area contributed by atoms with E-state index in [1.165, 1.54) is 57.4 Å². The number of benzene rings is 1. The van der Waals surface area contributed by atoms with Crippen molar-refractivity contribution in [2.24, 2.45) is 0 Å². The molecule has 0 aliphatic heterocycles. The topological polar surface area (TPSA) is 61.3 Å². The van der Waals surface area contributed by atoms with E-state index in [0.29, 0.717) is 5.82 Å². The van der Waals surface area contributed by atoms with Crippen molar-refractivity contribution in [3.05, 3.63) is 42.2 Å². The Morgan fingerprint density at radius 1 is 0.906 bits per heavy atom. The van der Waals surface area contributed by atoms with Gasteiger partial charge in [-0.05, 0) is 38.2 Å². The summed E-state index contributed by atoms with van der Waals surface area (Å²) in [6, 6.07) is 8.34. The molecule has 0 bridgehead atoms. The molecule has 1 unspecified atom stereocenters. The number of carbonyl (C=O) groups is 1. The first-order valence-corrected chi connectivity index (χ1v) is 12.3. The molecule has 0 spiro atoms. The van der Waals surface area contributed by atoms with Gasteiger partial charge in [0.2, 0.25) is 0 Å². The number of aryl methyl sites for hydroxylation is 1. The molecule has 1 aromatic heterocycles. The van der Waals surface area contributed by atoms with Gasteiger partial charge in [-0.3, -0.25) is 4.79 Å². The van der Waals surface area contributed by atoms with Gasteiger partial charge in [-0.2, -0.15) is 0 Å². The molecule has 1 atom stereocenters. The summed E-state index contributed by atoms with van der Waals surface area (Å²) in [7, 11) is 0.